The fourth-order valence-electron chi connectivity index (χ4n) is 1.58. The molecular formula is C13H11NO4S2. The molecular weight excluding hydrogens is 298 g/mol. The molecule has 7 heteroatoms. The van der Waals surface area contributed by atoms with Gasteiger partial charge in [0.05, 0.1) is 12.0 Å². The highest BCUT2D eigenvalue weighted by Crippen LogP contribution is 2.33. The third-order valence-electron chi connectivity index (χ3n) is 2.61. The van der Waals surface area contributed by atoms with Gasteiger partial charge in [-0.05, 0) is 12.1 Å². The Kier molecular flexibility index (Phi) is 4.41. The van der Waals surface area contributed by atoms with E-state index in [4.69, 9.17) is 12.2 Å². The van der Waals surface area contributed by atoms with Gasteiger partial charge >= 0.3 is 5.97 Å². The van der Waals surface area contributed by atoms with Crippen LogP contribution < -0.4 is 0 Å². The van der Waals surface area contributed by atoms with Gasteiger partial charge in [0.25, 0.3) is 5.91 Å². The van der Waals surface area contributed by atoms with Gasteiger partial charge in [0, 0.05) is 5.56 Å². The number of rotatable bonds is 3. The standard InChI is InChI=1S/C13H11NO4S2/c1-18-11(16)7-14-12(17)10(20-13(14)19)6-8-4-2-3-5-9(8)15/h2-6,15H,7H2,1H3/b10-6-. The summed E-state index contributed by atoms with van der Waals surface area (Å²) in [5.74, 6) is -0.829. The van der Waals surface area contributed by atoms with Gasteiger partial charge in [-0.25, -0.2) is 0 Å². The van der Waals surface area contributed by atoms with Crippen LogP contribution in [0.5, 0.6) is 5.75 Å². The first-order valence-corrected chi connectivity index (χ1v) is 6.85. The smallest absolute Gasteiger partial charge is 0.325 e. The van der Waals surface area contributed by atoms with Gasteiger partial charge in [-0.3, -0.25) is 14.5 Å². The summed E-state index contributed by atoms with van der Waals surface area (Å²) in [7, 11) is 1.25. The SMILES string of the molecule is COC(=O)CN1C(=O)/C(=C/c2ccccc2O)SC1=S. The molecule has 0 bridgehead atoms. The highest BCUT2D eigenvalue weighted by molar-refractivity contribution is 8.26. The number of ether oxygens (including phenoxy) is 1. The fourth-order valence-corrected chi connectivity index (χ4v) is 2.83. The number of thiocarbonyl (C=S) groups is 1. The number of benzene rings is 1. The van der Waals surface area contributed by atoms with Crippen LogP contribution in [0.1, 0.15) is 5.56 Å². The van der Waals surface area contributed by atoms with E-state index in [0.717, 1.165) is 11.8 Å². The maximum absolute atomic E-state index is 12.1. The Morgan fingerprint density at radius 3 is 2.85 bits per heavy atom. The van der Waals surface area contributed by atoms with Crippen LogP contribution in [-0.4, -0.2) is 39.9 Å². The van der Waals surface area contributed by atoms with Crippen LogP contribution in [0.4, 0.5) is 0 Å². The fraction of sp³-hybridized carbons (Fsp3) is 0.154. The number of carbonyl (C=O) groups excluding carboxylic acids is 2. The second kappa shape index (κ2) is 6.06. The van der Waals surface area contributed by atoms with Crippen molar-refractivity contribution in [1.82, 2.24) is 4.90 Å². The Bertz CT molecular complexity index is 612. The van der Waals surface area contributed by atoms with Crippen molar-refractivity contribution in [2.75, 3.05) is 13.7 Å². The van der Waals surface area contributed by atoms with Crippen LogP contribution in [0.2, 0.25) is 0 Å². The number of thioether (sulfide) groups is 1. The van der Waals surface area contributed by atoms with Crippen molar-refractivity contribution in [3.05, 3.63) is 34.7 Å². The number of hydrogen-bond acceptors (Lipinski definition) is 6. The predicted octanol–water partition coefficient (Wildman–Crippen LogP) is 1.77. The van der Waals surface area contributed by atoms with E-state index in [1.54, 1.807) is 24.3 Å². The van der Waals surface area contributed by atoms with Crippen LogP contribution >= 0.6 is 24.0 Å². The molecule has 104 valence electrons. The number of aromatic hydroxyl groups is 1. The summed E-state index contributed by atoms with van der Waals surface area (Å²) >= 11 is 6.15. The maximum atomic E-state index is 12.1. The maximum Gasteiger partial charge on any atom is 0.325 e. The van der Waals surface area contributed by atoms with Crippen molar-refractivity contribution < 1.29 is 19.4 Å². The molecule has 1 saturated heterocycles. The van der Waals surface area contributed by atoms with E-state index in [0.29, 0.717) is 14.8 Å². The summed E-state index contributed by atoms with van der Waals surface area (Å²) in [6.45, 7) is -0.209. The van der Waals surface area contributed by atoms with Crippen LogP contribution in [-0.2, 0) is 14.3 Å². The highest BCUT2D eigenvalue weighted by atomic mass is 32.2. The lowest BCUT2D eigenvalue weighted by molar-refractivity contribution is -0.143. The topological polar surface area (TPSA) is 66.8 Å². The zero-order valence-electron chi connectivity index (χ0n) is 10.5. The molecule has 0 radical (unpaired) electrons. The summed E-state index contributed by atoms with van der Waals surface area (Å²) in [6, 6.07) is 6.65. The van der Waals surface area contributed by atoms with Crippen LogP contribution in [0.15, 0.2) is 29.2 Å². The van der Waals surface area contributed by atoms with Gasteiger partial charge in [-0.1, -0.05) is 42.2 Å². The second-order valence-electron chi connectivity index (χ2n) is 3.90. The zero-order valence-corrected chi connectivity index (χ0v) is 12.2. The van der Waals surface area contributed by atoms with Crippen molar-refractivity contribution in [2.45, 2.75) is 0 Å². The van der Waals surface area contributed by atoms with Crippen LogP contribution in [0.3, 0.4) is 0 Å². The first-order chi connectivity index (χ1) is 9.52. The first-order valence-electron chi connectivity index (χ1n) is 5.63. The largest absolute Gasteiger partial charge is 0.507 e. The molecule has 0 aromatic heterocycles. The van der Waals surface area contributed by atoms with Crippen molar-refractivity contribution in [3.63, 3.8) is 0 Å². The molecule has 1 amide bonds. The van der Waals surface area contributed by atoms with E-state index in [1.165, 1.54) is 18.1 Å². The predicted molar refractivity (Wildman–Crippen MR) is 80.0 cm³/mol. The lowest BCUT2D eigenvalue weighted by Crippen LogP contribution is -2.33. The molecule has 1 aliphatic heterocycles. The van der Waals surface area contributed by atoms with E-state index in [9.17, 15) is 14.7 Å². The number of methoxy groups -OCH3 is 1. The molecule has 1 N–H and O–H groups in total. The summed E-state index contributed by atoms with van der Waals surface area (Å²) < 4.78 is 4.81. The zero-order chi connectivity index (χ0) is 14.7. The Labute approximate surface area is 125 Å². The normalized spacial score (nSPS) is 16.9. The average molecular weight is 309 g/mol. The van der Waals surface area contributed by atoms with Gasteiger partial charge in [0.15, 0.2) is 0 Å². The summed E-state index contributed by atoms with van der Waals surface area (Å²) in [4.78, 5) is 24.9. The monoisotopic (exact) mass is 309 g/mol. The second-order valence-corrected chi connectivity index (χ2v) is 5.58. The van der Waals surface area contributed by atoms with E-state index in [1.807, 2.05) is 0 Å². The molecule has 0 atom stereocenters. The lowest BCUT2D eigenvalue weighted by atomic mass is 10.2. The molecule has 5 nitrogen and oxygen atoms in total. The molecule has 0 spiro atoms. The van der Waals surface area contributed by atoms with Gasteiger partial charge in [0.2, 0.25) is 0 Å². The molecule has 1 aromatic carbocycles. The lowest BCUT2D eigenvalue weighted by Gasteiger charge is -2.11. The molecule has 0 unspecified atom stereocenters. The van der Waals surface area contributed by atoms with Crippen molar-refractivity contribution >= 4 is 46.3 Å². The molecule has 1 aliphatic rings. The summed E-state index contributed by atoms with van der Waals surface area (Å²) in [5.41, 5.74) is 0.520. The molecule has 1 fully saturated rings. The minimum absolute atomic E-state index is 0.0748. The number of esters is 1. The molecule has 1 heterocycles. The van der Waals surface area contributed by atoms with E-state index < -0.39 is 5.97 Å². The molecule has 2 rings (SSSR count). The van der Waals surface area contributed by atoms with Crippen LogP contribution in [0, 0.1) is 0 Å². The van der Waals surface area contributed by atoms with Gasteiger partial charge in [0.1, 0.15) is 16.6 Å². The van der Waals surface area contributed by atoms with Gasteiger partial charge < -0.3 is 9.84 Å². The third kappa shape index (κ3) is 3.00. The van der Waals surface area contributed by atoms with Gasteiger partial charge in [-0.2, -0.15) is 0 Å². The molecule has 1 aromatic rings. The number of nitrogens with zero attached hydrogens (tertiary/aromatic N) is 1. The number of phenols is 1. The summed E-state index contributed by atoms with van der Waals surface area (Å²) in [6.07, 6.45) is 1.55. The van der Waals surface area contributed by atoms with Gasteiger partial charge in [-0.15, -0.1) is 0 Å². The Morgan fingerprint density at radius 2 is 2.20 bits per heavy atom. The number of hydrogen-bond donors (Lipinski definition) is 1. The van der Waals surface area contributed by atoms with E-state index in [2.05, 4.69) is 4.74 Å². The van der Waals surface area contributed by atoms with Crippen LogP contribution in [0.25, 0.3) is 6.08 Å². The van der Waals surface area contributed by atoms with Crippen molar-refractivity contribution in [2.24, 2.45) is 0 Å². The van der Waals surface area contributed by atoms with E-state index in [-0.39, 0.29) is 18.2 Å². The Balaban J connectivity index is 2.24. The third-order valence-corrected chi connectivity index (χ3v) is 3.99. The number of amides is 1. The Morgan fingerprint density at radius 1 is 1.50 bits per heavy atom. The molecule has 0 saturated carbocycles. The van der Waals surface area contributed by atoms with Crippen molar-refractivity contribution in [3.8, 4) is 5.75 Å². The average Bonchev–Trinajstić information content (AvgIpc) is 2.69. The first kappa shape index (κ1) is 14.5. The highest BCUT2D eigenvalue weighted by Gasteiger charge is 2.33. The number of para-hydroxylation sites is 1. The quantitative estimate of drug-likeness (QED) is 0.521. The minimum atomic E-state index is -0.537. The number of phenolic OH excluding ortho intramolecular Hbond substituents is 1. The van der Waals surface area contributed by atoms with Crippen molar-refractivity contribution in [1.29, 1.82) is 0 Å². The van der Waals surface area contributed by atoms with E-state index >= 15 is 0 Å². The minimum Gasteiger partial charge on any atom is -0.507 e. The molecule has 20 heavy (non-hydrogen) atoms. The molecule has 0 aliphatic carbocycles. The summed E-state index contributed by atoms with van der Waals surface area (Å²) in [5, 5.41) is 9.69. The Hall–Kier alpha value is -1.86. The number of carbonyl (C=O) groups is 2.